The summed E-state index contributed by atoms with van der Waals surface area (Å²) in [6.45, 7) is 0. The van der Waals surface area contributed by atoms with Gasteiger partial charge in [0.05, 0.1) is 11.0 Å². The van der Waals surface area contributed by atoms with Crippen LogP contribution in [-0.2, 0) is 0 Å². The van der Waals surface area contributed by atoms with Crippen LogP contribution in [0.4, 0.5) is 0 Å². The first-order valence-corrected chi connectivity index (χ1v) is 21.0. The Kier molecular flexibility index (Phi) is 8.47. The summed E-state index contributed by atoms with van der Waals surface area (Å²) < 4.78 is 2.42. The summed E-state index contributed by atoms with van der Waals surface area (Å²) in [5.74, 6) is 1.95. The van der Waals surface area contributed by atoms with Gasteiger partial charge in [-0.1, -0.05) is 194 Å². The molecule has 2 heterocycles. The Labute approximate surface area is 327 Å². The van der Waals surface area contributed by atoms with Crippen molar-refractivity contribution in [3.8, 4) is 39.9 Å². The van der Waals surface area contributed by atoms with E-state index in [1.165, 1.54) is 42.6 Å². The highest BCUT2D eigenvalue weighted by Gasteiger charge is 2.41. The molecule has 10 rings (SSSR count). The monoisotopic (exact) mass is 732 g/mol. The van der Waals surface area contributed by atoms with Gasteiger partial charge in [0.2, 0.25) is 0 Å². The minimum Gasteiger partial charge on any atom is -0.309 e. The molecule has 10 aromatic rings. The van der Waals surface area contributed by atoms with Crippen LogP contribution in [0.1, 0.15) is 0 Å². The van der Waals surface area contributed by atoms with Crippen LogP contribution in [0.5, 0.6) is 0 Å². The van der Waals surface area contributed by atoms with Crippen LogP contribution in [0, 0.1) is 0 Å². The number of hydrogen-bond acceptors (Lipinski definition) is 3. The molecule has 8 aromatic carbocycles. The van der Waals surface area contributed by atoms with Crippen molar-refractivity contribution in [3.05, 3.63) is 218 Å². The molecule has 4 nitrogen and oxygen atoms in total. The SMILES string of the molecule is c1ccc(-c2nc(-c3ccccc3)nc(-c3ccc([Si](c4ccccc4)(c4ccccc4)c4ccc5c6ccccc6n(-c6ccccc6)c5c4)cc3)n2)cc1. The molecule has 0 amide bonds. The maximum atomic E-state index is 5.05. The second-order valence-corrected chi connectivity index (χ2v) is 17.8. The summed E-state index contributed by atoms with van der Waals surface area (Å²) in [7, 11) is -2.91. The van der Waals surface area contributed by atoms with Gasteiger partial charge in [0, 0.05) is 33.2 Å². The van der Waals surface area contributed by atoms with Crippen molar-refractivity contribution < 1.29 is 0 Å². The van der Waals surface area contributed by atoms with Crippen molar-refractivity contribution in [2.75, 3.05) is 0 Å². The van der Waals surface area contributed by atoms with Crippen LogP contribution in [-0.4, -0.2) is 27.6 Å². The van der Waals surface area contributed by atoms with Crippen molar-refractivity contribution in [3.63, 3.8) is 0 Å². The Bertz CT molecular complexity index is 2830. The summed E-state index contributed by atoms with van der Waals surface area (Å²) in [6.07, 6.45) is 0. The van der Waals surface area contributed by atoms with Crippen LogP contribution in [0.15, 0.2) is 218 Å². The molecule has 2 aromatic heterocycles. The Hall–Kier alpha value is -7.21. The lowest BCUT2D eigenvalue weighted by atomic mass is 10.1. The molecule has 5 heteroatoms. The molecule has 0 N–H and O–H groups in total. The van der Waals surface area contributed by atoms with Crippen molar-refractivity contribution >= 4 is 50.6 Å². The summed E-state index contributed by atoms with van der Waals surface area (Å²) in [6, 6.07) is 78.1. The van der Waals surface area contributed by atoms with Gasteiger partial charge in [-0.05, 0) is 45.0 Å². The maximum absolute atomic E-state index is 5.05. The molecule has 0 aliphatic heterocycles. The van der Waals surface area contributed by atoms with Crippen molar-refractivity contribution in [2.45, 2.75) is 0 Å². The molecule has 0 spiro atoms. The third kappa shape index (κ3) is 5.73. The Morgan fingerprint density at radius 3 is 1.23 bits per heavy atom. The minimum absolute atomic E-state index is 0.643. The standard InChI is InChI=1S/C51H36N4Si/c1-6-18-37(19-7-1)49-52-50(38-20-8-2-9-21-38)54-51(53-49)39-30-32-43(33-31-39)56(41-24-12-4-13-25-41,42-26-14-5-15-27-42)44-34-35-46-45-28-16-17-29-47(45)55(48(46)36-44)40-22-10-3-11-23-40/h1-36H. The largest absolute Gasteiger partial charge is 0.309 e. The van der Waals surface area contributed by atoms with Gasteiger partial charge in [-0.3, -0.25) is 0 Å². The molecule has 0 bridgehead atoms. The number of para-hydroxylation sites is 2. The average Bonchev–Trinajstić information content (AvgIpc) is 3.62. The first-order chi connectivity index (χ1) is 27.8. The smallest absolute Gasteiger partial charge is 0.179 e. The fraction of sp³-hybridized carbons (Fsp3) is 0. The van der Waals surface area contributed by atoms with Gasteiger partial charge in [-0.25, -0.2) is 15.0 Å². The van der Waals surface area contributed by atoms with E-state index in [1.807, 2.05) is 60.7 Å². The highest BCUT2D eigenvalue weighted by Crippen LogP contribution is 2.32. The highest BCUT2D eigenvalue weighted by atomic mass is 28.3. The summed E-state index contributed by atoms with van der Waals surface area (Å²) in [4.78, 5) is 15.0. The van der Waals surface area contributed by atoms with Crippen LogP contribution >= 0.6 is 0 Å². The van der Waals surface area contributed by atoms with E-state index in [4.69, 9.17) is 15.0 Å². The fourth-order valence-corrected chi connectivity index (χ4v) is 13.0. The van der Waals surface area contributed by atoms with Gasteiger partial charge in [-0.15, -0.1) is 0 Å². The molecule has 0 saturated carbocycles. The molecule has 0 saturated heterocycles. The highest BCUT2D eigenvalue weighted by molar-refractivity contribution is 7.20. The van der Waals surface area contributed by atoms with Crippen molar-refractivity contribution in [1.29, 1.82) is 0 Å². The molecule has 56 heavy (non-hydrogen) atoms. The van der Waals surface area contributed by atoms with E-state index in [0.717, 1.165) is 22.4 Å². The third-order valence-electron chi connectivity index (χ3n) is 10.8. The first-order valence-electron chi connectivity index (χ1n) is 19.0. The predicted molar refractivity (Wildman–Crippen MR) is 234 cm³/mol. The van der Waals surface area contributed by atoms with Gasteiger partial charge in [0.15, 0.2) is 25.5 Å². The van der Waals surface area contributed by atoms with E-state index < -0.39 is 8.07 Å². The number of nitrogens with zero attached hydrogens (tertiary/aromatic N) is 4. The minimum atomic E-state index is -2.91. The molecule has 0 unspecified atom stereocenters. The lowest BCUT2D eigenvalue weighted by molar-refractivity contribution is 1.07. The van der Waals surface area contributed by atoms with E-state index in [2.05, 4.69) is 162 Å². The number of hydrogen-bond donors (Lipinski definition) is 0. The Balaban J connectivity index is 1.20. The molecular formula is C51H36N4Si. The number of fused-ring (bicyclic) bond motifs is 3. The zero-order valence-electron chi connectivity index (χ0n) is 30.6. The molecule has 0 aliphatic carbocycles. The van der Waals surface area contributed by atoms with Gasteiger partial charge in [0.25, 0.3) is 0 Å². The second kappa shape index (κ2) is 14.2. The van der Waals surface area contributed by atoms with Crippen LogP contribution in [0.2, 0.25) is 0 Å². The van der Waals surface area contributed by atoms with E-state index in [0.29, 0.717) is 17.5 Å². The Morgan fingerprint density at radius 1 is 0.304 bits per heavy atom. The molecular weight excluding hydrogens is 697 g/mol. The summed E-state index contributed by atoms with van der Waals surface area (Å²) >= 11 is 0. The summed E-state index contributed by atoms with van der Waals surface area (Å²) in [5.41, 5.74) is 6.38. The average molecular weight is 733 g/mol. The summed E-state index contributed by atoms with van der Waals surface area (Å²) in [5, 5.41) is 7.72. The molecule has 0 aliphatic rings. The predicted octanol–water partition coefficient (Wildman–Crippen LogP) is 9.35. The lowest BCUT2D eigenvalue weighted by Crippen LogP contribution is -2.74. The first kappa shape index (κ1) is 33.4. The van der Waals surface area contributed by atoms with E-state index in [-0.39, 0.29) is 0 Å². The van der Waals surface area contributed by atoms with Gasteiger partial charge in [-0.2, -0.15) is 0 Å². The lowest BCUT2D eigenvalue weighted by Gasteiger charge is -2.34. The zero-order valence-corrected chi connectivity index (χ0v) is 31.6. The molecule has 0 fully saturated rings. The van der Waals surface area contributed by atoms with Crippen LogP contribution in [0.3, 0.4) is 0 Å². The quantitative estimate of drug-likeness (QED) is 0.116. The molecule has 0 radical (unpaired) electrons. The van der Waals surface area contributed by atoms with E-state index in [9.17, 15) is 0 Å². The van der Waals surface area contributed by atoms with Crippen molar-refractivity contribution in [2.24, 2.45) is 0 Å². The maximum Gasteiger partial charge on any atom is 0.179 e. The Morgan fingerprint density at radius 2 is 0.696 bits per heavy atom. The van der Waals surface area contributed by atoms with E-state index in [1.54, 1.807) is 0 Å². The number of aromatic nitrogens is 4. The second-order valence-electron chi connectivity index (χ2n) is 14.0. The van der Waals surface area contributed by atoms with Gasteiger partial charge < -0.3 is 4.57 Å². The normalized spacial score (nSPS) is 11.6. The van der Waals surface area contributed by atoms with Crippen molar-refractivity contribution in [1.82, 2.24) is 19.5 Å². The number of rotatable bonds is 8. The van der Waals surface area contributed by atoms with E-state index >= 15 is 0 Å². The zero-order chi connectivity index (χ0) is 37.3. The number of benzene rings is 8. The van der Waals surface area contributed by atoms with Crippen LogP contribution in [0.25, 0.3) is 61.7 Å². The topological polar surface area (TPSA) is 43.6 Å². The molecule has 264 valence electrons. The van der Waals surface area contributed by atoms with Gasteiger partial charge in [0.1, 0.15) is 0 Å². The van der Waals surface area contributed by atoms with Gasteiger partial charge >= 0.3 is 0 Å². The fourth-order valence-electron chi connectivity index (χ4n) is 8.24. The van der Waals surface area contributed by atoms with Crippen LogP contribution < -0.4 is 20.7 Å². The third-order valence-corrected chi connectivity index (χ3v) is 15.6. The molecule has 0 atom stereocenters.